The van der Waals surface area contributed by atoms with E-state index in [1.54, 1.807) is 6.92 Å². The van der Waals surface area contributed by atoms with E-state index in [-0.39, 0.29) is 29.6 Å². The van der Waals surface area contributed by atoms with Gasteiger partial charge in [-0.2, -0.15) is 13.2 Å². The number of ether oxygens (including phenoxy) is 1. The first-order chi connectivity index (χ1) is 11.7. The number of amides is 1. The molecule has 9 heteroatoms. The van der Waals surface area contributed by atoms with Gasteiger partial charge in [-0.15, -0.1) is 0 Å². The van der Waals surface area contributed by atoms with Crippen LogP contribution in [-0.2, 0) is 14.3 Å². The van der Waals surface area contributed by atoms with Crippen molar-refractivity contribution in [1.29, 1.82) is 5.41 Å². The summed E-state index contributed by atoms with van der Waals surface area (Å²) in [5.74, 6) is -1.64. The Morgan fingerprint density at radius 1 is 1.36 bits per heavy atom. The van der Waals surface area contributed by atoms with Crippen LogP contribution in [0.1, 0.15) is 12.5 Å². The summed E-state index contributed by atoms with van der Waals surface area (Å²) < 4.78 is 42.2. The number of carbonyl (C=O) groups excluding carboxylic acids is 2. The first-order valence-corrected chi connectivity index (χ1v) is 7.30. The zero-order valence-electron chi connectivity index (χ0n) is 13.0. The average molecular weight is 375 g/mol. The van der Waals surface area contributed by atoms with Gasteiger partial charge in [0.2, 0.25) is 5.91 Å². The maximum atomic E-state index is 12.5. The van der Waals surface area contributed by atoms with E-state index in [2.05, 4.69) is 5.32 Å². The Kier molecular flexibility index (Phi) is 7.38. The number of rotatable bonds is 6. The number of allylic oxidation sites excluding steroid dienone is 1. The summed E-state index contributed by atoms with van der Waals surface area (Å²) >= 11 is 5.95. The maximum absolute atomic E-state index is 12.5. The van der Waals surface area contributed by atoms with E-state index < -0.39 is 23.6 Å². The summed E-state index contributed by atoms with van der Waals surface area (Å²) in [6, 6.07) is 4.17. The number of hydrogen-bond donors (Lipinski definition) is 2. The Balaban J connectivity index is 2.95. The number of hydrogen-bond acceptors (Lipinski definition) is 4. The van der Waals surface area contributed by atoms with Crippen molar-refractivity contribution in [2.45, 2.75) is 13.1 Å². The SMILES string of the molecule is CCOC(=O)/C=C/c1cc(NC(=O)/C=C(\C=N)C(F)(F)F)ccc1Cl. The third-order valence-electron chi connectivity index (χ3n) is 2.72. The van der Waals surface area contributed by atoms with Gasteiger partial charge in [-0.1, -0.05) is 11.6 Å². The minimum absolute atomic E-state index is 0.0505. The minimum Gasteiger partial charge on any atom is -0.463 e. The molecule has 0 saturated heterocycles. The standard InChI is InChI=1S/C16H14ClF3N2O3/c1-2-25-15(24)6-3-10-7-12(4-5-13(10)17)22-14(23)8-11(9-21)16(18,19)20/h3-9,21H,2H2,1H3,(H,22,23)/b6-3+,11-8+,21-9?. The monoisotopic (exact) mass is 374 g/mol. The van der Waals surface area contributed by atoms with Gasteiger partial charge in [0.1, 0.15) is 0 Å². The van der Waals surface area contributed by atoms with E-state index >= 15 is 0 Å². The van der Waals surface area contributed by atoms with Crippen LogP contribution >= 0.6 is 11.6 Å². The predicted octanol–water partition coefficient (Wildman–Crippen LogP) is 3.99. The number of nitrogens with one attached hydrogen (secondary N) is 2. The lowest BCUT2D eigenvalue weighted by Crippen LogP contribution is -2.17. The highest BCUT2D eigenvalue weighted by Crippen LogP contribution is 2.25. The second kappa shape index (κ2) is 9.03. The van der Waals surface area contributed by atoms with Gasteiger partial charge in [-0.05, 0) is 36.8 Å². The van der Waals surface area contributed by atoms with Crippen LogP contribution in [0.5, 0.6) is 0 Å². The van der Waals surface area contributed by atoms with Crippen molar-refractivity contribution in [3.8, 4) is 0 Å². The number of anilines is 1. The van der Waals surface area contributed by atoms with Crippen LogP contribution in [-0.4, -0.2) is 30.9 Å². The first kappa shape index (κ1) is 20.4. The molecule has 0 fully saturated rings. The lowest BCUT2D eigenvalue weighted by Gasteiger charge is -2.08. The third kappa shape index (κ3) is 6.80. The second-order valence-corrected chi connectivity index (χ2v) is 4.96. The summed E-state index contributed by atoms with van der Waals surface area (Å²) in [5.41, 5.74) is -0.860. The van der Waals surface area contributed by atoms with Gasteiger partial charge in [-0.3, -0.25) is 4.79 Å². The molecule has 0 aromatic heterocycles. The van der Waals surface area contributed by atoms with Gasteiger partial charge in [0.15, 0.2) is 0 Å². The van der Waals surface area contributed by atoms with E-state index in [9.17, 15) is 22.8 Å². The van der Waals surface area contributed by atoms with Crippen LogP contribution < -0.4 is 5.32 Å². The molecule has 0 spiro atoms. The summed E-state index contributed by atoms with van der Waals surface area (Å²) in [7, 11) is 0. The highest BCUT2D eigenvalue weighted by molar-refractivity contribution is 6.32. The van der Waals surface area contributed by atoms with Crippen LogP contribution in [0.4, 0.5) is 18.9 Å². The van der Waals surface area contributed by atoms with Gasteiger partial charge in [0.25, 0.3) is 0 Å². The van der Waals surface area contributed by atoms with Crippen LogP contribution in [0.25, 0.3) is 6.08 Å². The lowest BCUT2D eigenvalue weighted by molar-refractivity contribution is -0.137. The Morgan fingerprint density at radius 2 is 2.04 bits per heavy atom. The average Bonchev–Trinajstić information content (AvgIpc) is 2.52. The molecule has 1 aromatic carbocycles. The van der Waals surface area contributed by atoms with Crippen molar-refractivity contribution in [2.24, 2.45) is 0 Å². The van der Waals surface area contributed by atoms with Crippen LogP contribution in [0.15, 0.2) is 35.9 Å². The largest absolute Gasteiger partial charge is 0.463 e. The fourth-order valence-corrected chi connectivity index (χ4v) is 1.80. The molecule has 0 aliphatic rings. The predicted molar refractivity (Wildman–Crippen MR) is 88.7 cm³/mol. The zero-order chi connectivity index (χ0) is 19.0. The maximum Gasteiger partial charge on any atom is 0.418 e. The molecule has 0 heterocycles. The molecule has 0 radical (unpaired) electrons. The Labute approximate surface area is 146 Å². The van der Waals surface area contributed by atoms with E-state index in [1.807, 2.05) is 0 Å². The molecule has 0 unspecified atom stereocenters. The summed E-state index contributed by atoms with van der Waals surface area (Å²) in [4.78, 5) is 22.9. The molecule has 1 amide bonds. The second-order valence-electron chi connectivity index (χ2n) is 4.55. The molecule has 1 rings (SSSR count). The van der Waals surface area contributed by atoms with Crippen molar-refractivity contribution in [2.75, 3.05) is 11.9 Å². The molecule has 2 N–H and O–H groups in total. The van der Waals surface area contributed by atoms with E-state index in [0.717, 1.165) is 6.08 Å². The topological polar surface area (TPSA) is 79.2 Å². The van der Waals surface area contributed by atoms with Gasteiger partial charge in [-0.25, -0.2) is 4.79 Å². The molecule has 0 saturated carbocycles. The van der Waals surface area contributed by atoms with Gasteiger partial charge >= 0.3 is 12.1 Å². The Hall–Kier alpha value is -2.61. The third-order valence-corrected chi connectivity index (χ3v) is 3.06. The van der Waals surface area contributed by atoms with Gasteiger partial charge in [0.05, 0.1) is 12.2 Å². The molecule has 134 valence electrons. The smallest absolute Gasteiger partial charge is 0.418 e. The van der Waals surface area contributed by atoms with Crippen molar-refractivity contribution in [1.82, 2.24) is 0 Å². The number of benzene rings is 1. The van der Waals surface area contributed by atoms with Crippen LogP contribution in [0.2, 0.25) is 5.02 Å². The van der Waals surface area contributed by atoms with E-state index in [4.69, 9.17) is 21.7 Å². The Bertz CT molecular complexity index is 728. The fourth-order valence-electron chi connectivity index (χ4n) is 1.62. The van der Waals surface area contributed by atoms with E-state index in [0.29, 0.717) is 5.56 Å². The number of alkyl halides is 3. The van der Waals surface area contributed by atoms with Crippen molar-refractivity contribution in [3.05, 3.63) is 46.5 Å². The number of carbonyl (C=O) groups is 2. The van der Waals surface area contributed by atoms with Crippen molar-refractivity contribution >= 4 is 41.5 Å². The van der Waals surface area contributed by atoms with E-state index in [1.165, 1.54) is 24.3 Å². The molecule has 0 aliphatic heterocycles. The summed E-state index contributed by atoms with van der Waals surface area (Å²) in [6.45, 7) is 1.85. The number of halogens is 4. The molecule has 5 nitrogen and oxygen atoms in total. The normalized spacial score (nSPS) is 12.1. The fraction of sp³-hybridized carbons (Fsp3) is 0.188. The lowest BCUT2D eigenvalue weighted by atomic mass is 10.1. The zero-order valence-corrected chi connectivity index (χ0v) is 13.7. The van der Waals surface area contributed by atoms with Gasteiger partial charge < -0.3 is 15.5 Å². The molecule has 1 aromatic rings. The van der Waals surface area contributed by atoms with Gasteiger partial charge in [0, 0.05) is 29.1 Å². The highest BCUT2D eigenvalue weighted by atomic mass is 35.5. The summed E-state index contributed by atoms with van der Waals surface area (Å²) in [6.07, 6.45) is -1.99. The van der Waals surface area contributed by atoms with Crippen LogP contribution in [0.3, 0.4) is 0 Å². The van der Waals surface area contributed by atoms with Crippen molar-refractivity contribution in [3.63, 3.8) is 0 Å². The molecule has 0 bridgehead atoms. The molecular weight excluding hydrogens is 361 g/mol. The first-order valence-electron chi connectivity index (χ1n) is 6.92. The van der Waals surface area contributed by atoms with Crippen molar-refractivity contribution < 1.29 is 27.5 Å². The molecule has 0 atom stereocenters. The quantitative estimate of drug-likeness (QED) is 0.449. The molecule has 0 aliphatic carbocycles. The minimum atomic E-state index is -4.80. The highest BCUT2D eigenvalue weighted by Gasteiger charge is 2.32. The number of esters is 1. The Morgan fingerprint density at radius 3 is 2.60 bits per heavy atom. The van der Waals surface area contributed by atoms with Crippen LogP contribution in [0, 0.1) is 5.41 Å². The molecular formula is C16H14ClF3N2O3. The summed E-state index contributed by atoms with van der Waals surface area (Å²) in [5, 5.41) is 9.22. The molecule has 25 heavy (non-hydrogen) atoms.